The summed E-state index contributed by atoms with van der Waals surface area (Å²) >= 11 is 0. The number of carbonyl (C=O) groups excluding carboxylic acids is 2. The van der Waals surface area contributed by atoms with E-state index in [2.05, 4.69) is 28.9 Å². The van der Waals surface area contributed by atoms with Crippen LogP contribution in [0, 0.1) is 5.92 Å². The topological polar surface area (TPSA) is 92.0 Å². The quantitative estimate of drug-likeness (QED) is 0.618. The fourth-order valence-electron chi connectivity index (χ4n) is 4.13. The molecule has 0 saturated carbocycles. The Kier molecular flexibility index (Phi) is 8.21. The van der Waals surface area contributed by atoms with E-state index in [1.165, 1.54) is 0 Å². The smallest absolute Gasteiger partial charge is 0.236 e. The minimum absolute atomic E-state index is 0.0216. The van der Waals surface area contributed by atoms with Crippen LogP contribution in [-0.2, 0) is 27.2 Å². The maximum absolute atomic E-state index is 12.8. The summed E-state index contributed by atoms with van der Waals surface area (Å²) in [5.41, 5.74) is 0. The molecule has 9 heteroatoms. The molecule has 2 aliphatic rings. The molecule has 0 N–H and O–H groups in total. The maximum atomic E-state index is 12.8. The van der Waals surface area contributed by atoms with Crippen molar-refractivity contribution in [3.63, 3.8) is 0 Å². The second kappa shape index (κ2) is 10.9. The van der Waals surface area contributed by atoms with E-state index in [1.807, 2.05) is 9.80 Å². The Morgan fingerprint density at radius 3 is 2.70 bits per heavy atom. The van der Waals surface area contributed by atoms with Crippen molar-refractivity contribution < 1.29 is 18.8 Å². The van der Waals surface area contributed by atoms with Crippen molar-refractivity contribution in [2.45, 2.75) is 52.5 Å². The molecule has 0 spiro atoms. The number of piperidine rings is 1. The van der Waals surface area contributed by atoms with Crippen LogP contribution >= 0.6 is 0 Å². The van der Waals surface area contributed by atoms with Gasteiger partial charge in [0.1, 0.15) is 0 Å². The van der Waals surface area contributed by atoms with Gasteiger partial charge in [-0.3, -0.25) is 14.5 Å². The average molecular weight is 422 g/mol. The molecule has 168 valence electrons. The minimum atomic E-state index is 0.0216. The molecule has 1 atom stereocenters. The lowest BCUT2D eigenvalue weighted by Crippen LogP contribution is -2.54. The molecular formula is C21H35N5O4. The highest BCUT2D eigenvalue weighted by Crippen LogP contribution is 2.18. The Labute approximate surface area is 178 Å². The number of rotatable bonds is 8. The molecule has 2 saturated heterocycles. The summed E-state index contributed by atoms with van der Waals surface area (Å²) in [6.07, 6.45) is 3.13. The van der Waals surface area contributed by atoms with Crippen LogP contribution in [0.4, 0.5) is 0 Å². The number of ether oxygens (including phenoxy) is 1. The van der Waals surface area contributed by atoms with Gasteiger partial charge in [-0.05, 0) is 18.8 Å². The largest absolute Gasteiger partial charge is 0.379 e. The summed E-state index contributed by atoms with van der Waals surface area (Å²) in [7, 11) is 0. The summed E-state index contributed by atoms with van der Waals surface area (Å²) in [6.45, 7) is 11.1. The van der Waals surface area contributed by atoms with E-state index in [1.54, 1.807) is 6.92 Å². The van der Waals surface area contributed by atoms with E-state index in [4.69, 9.17) is 9.26 Å². The Hall–Kier alpha value is -2.00. The van der Waals surface area contributed by atoms with Gasteiger partial charge in [0.15, 0.2) is 5.82 Å². The molecule has 2 aliphatic heterocycles. The Morgan fingerprint density at radius 1 is 1.23 bits per heavy atom. The lowest BCUT2D eigenvalue weighted by Gasteiger charge is -2.39. The van der Waals surface area contributed by atoms with E-state index in [0.717, 1.165) is 38.9 Å². The van der Waals surface area contributed by atoms with Gasteiger partial charge in [-0.2, -0.15) is 4.98 Å². The minimum Gasteiger partial charge on any atom is -0.379 e. The van der Waals surface area contributed by atoms with Gasteiger partial charge in [-0.1, -0.05) is 19.0 Å². The molecular weight excluding hydrogens is 386 g/mol. The molecule has 3 heterocycles. The van der Waals surface area contributed by atoms with E-state index < -0.39 is 0 Å². The zero-order chi connectivity index (χ0) is 21.5. The predicted molar refractivity (Wildman–Crippen MR) is 111 cm³/mol. The molecule has 30 heavy (non-hydrogen) atoms. The standard InChI is InChI=1S/C21H35N5O4/c1-16(2)13-20-22-19(23-30-20)6-8-26(17(3)27)18-5-4-7-25(14-18)21(28)15-24-9-11-29-12-10-24/h16,18H,4-15H2,1-3H3. The molecule has 1 aromatic rings. The van der Waals surface area contributed by atoms with Crippen LogP contribution in [0.25, 0.3) is 0 Å². The Balaban J connectivity index is 1.53. The van der Waals surface area contributed by atoms with E-state index in [-0.39, 0.29) is 17.9 Å². The lowest BCUT2D eigenvalue weighted by atomic mass is 10.0. The van der Waals surface area contributed by atoms with Crippen LogP contribution in [0.1, 0.15) is 45.3 Å². The van der Waals surface area contributed by atoms with Gasteiger partial charge in [0.25, 0.3) is 0 Å². The van der Waals surface area contributed by atoms with Crippen LogP contribution in [0.3, 0.4) is 0 Å². The summed E-state index contributed by atoms with van der Waals surface area (Å²) in [4.78, 5) is 35.5. The monoisotopic (exact) mass is 421 g/mol. The van der Waals surface area contributed by atoms with Gasteiger partial charge in [0.2, 0.25) is 17.7 Å². The van der Waals surface area contributed by atoms with Gasteiger partial charge in [0, 0.05) is 58.5 Å². The number of hydrogen-bond donors (Lipinski definition) is 0. The third-order valence-electron chi connectivity index (χ3n) is 5.73. The van der Waals surface area contributed by atoms with Crippen molar-refractivity contribution in [1.29, 1.82) is 0 Å². The van der Waals surface area contributed by atoms with Crippen LogP contribution in [0.2, 0.25) is 0 Å². The molecule has 3 rings (SSSR count). The molecule has 0 radical (unpaired) electrons. The van der Waals surface area contributed by atoms with Gasteiger partial charge < -0.3 is 19.1 Å². The van der Waals surface area contributed by atoms with Crippen molar-refractivity contribution >= 4 is 11.8 Å². The molecule has 0 bridgehead atoms. The first kappa shape index (κ1) is 22.7. The fraction of sp³-hybridized carbons (Fsp3) is 0.810. The number of hydrogen-bond acceptors (Lipinski definition) is 7. The van der Waals surface area contributed by atoms with Crippen LogP contribution < -0.4 is 0 Å². The van der Waals surface area contributed by atoms with Gasteiger partial charge in [-0.15, -0.1) is 0 Å². The number of morpholine rings is 1. The summed E-state index contributed by atoms with van der Waals surface area (Å²) in [6, 6.07) is 0.0342. The number of aromatic nitrogens is 2. The van der Waals surface area contributed by atoms with E-state index in [0.29, 0.717) is 56.9 Å². The third-order valence-corrected chi connectivity index (χ3v) is 5.73. The lowest BCUT2D eigenvalue weighted by molar-refractivity contribution is -0.139. The normalized spacial score (nSPS) is 20.5. The van der Waals surface area contributed by atoms with Crippen molar-refractivity contribution in [3.05, 3.63) is 11.7 Å². The first-order chi connectivity index (χ1) is 14.4. The average Bonchev–Trinajstić information content (AvgIpc) is 3.15. The van der Waals surface area contributed by atoms with Gasteiger partial charge in [-0.25, -0.2) is 0 Å². The first-order valence-corrected chi connectivity index (χ1v) is 11.1. The highest BCUT2D eigenvalue weighted by atomic mass is 16.5. The summed E-state index contributed by atoms with van der Waals surface area (Å²) in [5.74, 6) is 1.89. The van der Waals surface area contributed by atoms with Gasteiger partial charge in [0.05, 0.1) is 19.8 Å². The van der Waals surface area contributed by atoms with Crippen molar-refractivity contribution in [1.82, 2.24) is 24.8 Å². The molecule has 0 aliphatic carbocycles. The molecule has 2 fully saturated rings. The molecule has 0 aromatic carbocycles. The fourth-order valence-corrected chi connectivity index (χ4v) is 4.13. The zero-order valence-corrected chi connectivity index (χ0v) is 18.5. The number of amides is 2. The summed E-state index contributed by atoms with van der Waals surface area (Å²) < 4.78 is 10.7. The molecule has 1 unspecified atom stereocenters. The van der Waals surface area contributed by atoms with E-state index >= 15 is 0 Å². The van der Waals surface area contributed by atoms with Crippen LogP contribution in [0.15, 0.2) is 4.52 Å². The SMILES string of the molecule is CC(=O)N(CCc1noc(CC(C)C)n1)C1CCCN(C(=O)CN2CCOCC2)C1. The highest BCUT2D eigenvalue weighted by Gasteiger charge is 2.30. The van der Waals surface area contributed by atoms with Crippen molar-refractivity contribution in [2.75, 3.05) is 52.5 Å². The van der Waals surface area contributed by atoms with Crippen LogP contribution in [-0.4, -0.2) is 95.2 Å². The number of likely N-dealkylation sites (tertiary alicyclic amines) is 1. The van der Waals surface area contributed by atoms with Crippen molar-refractivity contribution in [3.8, 4) is 0 Å². The van der Waals surface area contributed by atoms with E-state index in [9.17, 15) is 9.59 Å². The number of carbonyl (C=O) groups is 2. The Morgan fingerprint density at radius 2 is 2.00 bits per heavy atom. The van der Waals surface area contributed by atoms with Crippen molar-refractivity contribution in [2.24, 2.45) is 5.92 Å². The predicted octanol–water partition coefficient (Wildman–Crippen LogP) is 0.982. The maximum Gasteiger partial charge on any atom is 0.236 e. The molecule has 1 aromatic heterocycles. The highest BCUT2D eigenvalue weighted by molar-refractivity contribution is 5.78. The zero-order valence-electron chi connectivity index (χ0n) is 18.5. The first-order valence-electron chi connectivity index (χ1n) is 11.1. The second-order valence-corrected chi connectivity index (χ2v) is 8.69. The second-order valence-electron chi connectivity index (χ2n) is 8.69. The third kappa shape index (κ3) is 6.50. The molecule has 9 nitrogen and oxygen atoms in total. The summed E-state index contributed by atoms with van der Waals surface area (Å²) in [5, 5.41) is 4.05. The molecule has 2 amide bonds. The Bertz CT molecular complexity index is 701. The van der Waals surface area contributed by atoms with Crippen LogP contribution in [0.5, 0.6) is 0 Å². The number of nitrogens with zero attached hydrogens (tertiary/aromatic N) is 5. The van der Waals surface area contributed by atoms with Gasteiger partial charge >= 0.3 is 0 Å².